The molecule has 0 atom stereocenters. The van der Waals surface area contributed by atoms with E-state index in [1.807, 2.05) is 25.1 Å². The molecule has 6 heteroatoms. The minimum atomic E-state index is 0.650. The van der Waals surface area contributed by atoms with Crippen LogP contribution in [0.25, 0.3) is 16.2 Å². The fraction of sp³-hybridized carbons (Fsp3) is 0.333. The molecule has 3 heterocycles. The van der Waals surface area contributed by atoms with Gasteiger partial charge >= 0.3 is 0 Å². The first-order valence-corrected chi connectivity index (χ1v) is 8.75. The average Bonchev–Trinajstić information content (AvgIpc) is 3.09. The quantitative estimate of drug-likeness (QED) is 0.687. The van der Waals surface area contributed by atoms with Gasteiger partial charge in [-0.25, -0.2) is 4.98 Å². The van der Waals surface area contributed by atoms with Gasteiger partial charge in [-0.15, -0.1) is 0 Å². The number of ether oxygens (including phenoxy) is 1. The van der Waals surface area contributed by atoms with Crippen LogP contribution >= 0.6 is 11.3 Å². The maximum absolute atomic E-state index is 11.8. The van der Waals surface area contributed by atoms with Gasteiger partial charge in [0.2, 0.25) is 0 Å². The van der Waals surface area contributed by atoms with Gasteiger partial charge in [0.15, 0.2) is 11.2 Å². The Labute approximate surface area is 144 Å². The number of likely N-dealkylation sites (N-methyl/N-ethyl adjacent to an activating group) is 1. The average molecular weight is 341 g/mol. The van der Waals surface area contributed by atoms with Crippen LogP contribution in [0.3, 0.4) is 0 Å². The fourth-order valence-electron chi connectivity index (χ4n) is 3.38. The second-order valence-electron chi connectivity index (χ2n) is 6.23. The Morgan fingerprint density at radius 2 is 2.21 bits per heavy atom. The minimum absolute atomic E-state index is 0.650. The van der Waals surface area contributed by atoms with Crippen LogP contribution in [0.15, 0.2) is 18.2 Å². The van der Waals surface area contributed by atoms with Crippen molar-refractivity contribution in [1.82, 2.24) is 14.3 Å². The Hall–Kier alpha value is -2.18. The SMILES string of the molecule is COc1ccc(-c2nc3sc4c(n3c2C=O)CCN(C)C4)cc1C. The number of aryl methyl sites for hydroxylation is 1. The van der Waals surface area contributed by atoms with Gasteiger partial charge in [0.1, 0.15) is 17.1 Å². The molecular weight excluding hydrogens is 322 g/mol. The topological polar surface area (TPSA) is 46.8 Å². The largest absolute Gasteiger partial charge is 0.496 e. The third kappa shape index (κ3) is 2.25. The summed E-state index contributed by atoms with van der Waals surface area (Å²) in [5.41, 5.74) is 4.62. The van der Waals surface area contributed by atoms with Crippen LogP contribution in [0.5, 0.6) is 5.75 Å². The highest BCUT2D eigenvalue weighted by Crippen LogP contribution is 2.34. The van der Waals surface area contributed by atoms with E-state index in [0.717, 1.165) is 53.3 Å². The molecule has 0 fully saturated rings. The second kappa shape index (κ2) is 5.72. The summed E-state index contributed by atoms with van der Waals surface area (Å²) in [7, 11) is 3.78. The molecule has 2 aromatic heterocycles. The number of aromatic nitrogens is 2. The summed E-state index contributed by atoms with van der Waals surface area (Å²) in [4.78, 5) is 21.1. The van der Waals surface area contributed by atoms with Gasteiger partial charge in [0, 0.05) is 35.6 Å². The third-order valence-corrected chi connectivity index (χ3v) is 5.68. The molecule has 0 radical (unpaired) electrons. The predicted molar refractivity (Wildman–Crippen MR) is 95.2 cm³/mol. The maximum atomic E-state index is 11.8. The first kappa shape index (κ1) is 15.4. The molecule has 0 saturated carbocycles. The van der Waals surface area contributed by atoms with Gasteiger partial charge in [0.25, 0.3) is 0 Å². The zero-order valence-corrected chi connectivity index (χ0v) is 14.8. The van der Waals surface area contributed by atoms with Crippen molar-refractivity contribution in [3.8, 4) is 17.0 Å². The molecule has 1 aromatic carbocycles. The molecule has 3 aromatic rings. The Bertz CT molecular complexity index is 942. The number of nitrogens with zero attached hydrogens (tertiary/aromatic N) is 3. The van der Waals surface area contributed by atoms with Gasteiger partial charge in [-0.3, -0.25) is 9.20 Å². The molecule has 0 aliphatic carbocycles. The number of rotatable bonds is 3. The molecule has 5 nitrogen and oxygen atoms in total. The van der Waals surface area contributed by atoms with Gasteiger partial charge in [-0.05, 0) is 37.7 Å². The van der Waals surface area contributed by atoms with Crippen molar-refractivity contribution < 1.29 is 9.53 Å². The number of aldehydes is 1. The highest BCUT2D eigenvalue weighted by atomic mass is 32.1. The van der Waals surface area contributed by atoms with E-state index in [1.165, 1.54) is 10.6 Å². The molecule has 124 valence electrons. The Balaban J connectivity index is 1.89. The molecule has 0 saturated heterocycles. The maximum Gasteiger partial charge on any atom is 0.195 e. The highest BCUT2D eigenvalue weighted by molar-refractivity contribution is 7.17. The summed E-state index contributed by atoms with van der Waals surface area (Å²) < 4.78 is 7.37. The van der Waals surface area contributed by atoms with E-state index >= 15 is 0 Å². The van der Waals surface area contributed by atoms with E-state index < -0.39 is 0 Å². The molecule has 0 unspecified atom stereocenters. The Morgan fingerprint density at radius 3 is 2.92 bits per heavy atom. The molecule has 24 heavy (non-hydrogen) atoms. The predicted octanol–water partition coefficient (Wildman–Crippen LogP) is 3.18. The van der Waals surface area contributed by atoms with Crippen molar-refractivity contribution in [3.63, 3.8) is 0 Å². The smallest absolute Gasteiger partial charge is 0.195 e. The summed E-state index contributed by atoms with van der Waals surface area (Å²) in [6.07, 6.45) is 1.88. The summed E-state index contributed by atoms with van der Waals surface area (Å²) >= 11 is 1.69. The van der Waals surface area contributed by atoms with E-state index in [-0.39, 0.29) is 0 Å². The number of methoxy groups -OCH3 is 1. The molecule has 0 spiro atoms. The number of fused-ring (bicyclic) bond motifs is 3. The zero-order chi connectivity index (χ0) is 16.8. The van der Waals surface area contributed by atoms with E-state index in [0.29, 0.717) is 5.69 Å². The normalized spacial score (nSPS) is 14.8. The highest BCUT2D eigenvalue weighted by Gasteiger charge is 2.24. The van der Waals surface area contributed by atoms with Crippen molar-refractivity contribution in [3.05, 3.63) is 40.0 Å². The lowest BCUT2D eigenvalue weighted by Crippen LogP contribution is -2.26. The van der Waals surface area contributed by atoms with Gasteiger partial charge < -0.3 is 9.64 Å². The molecule has 0 amide bonds. The summed E-state index contributed by atoms with van der Waals surface area (Å²) in [5, 5.41) is 0. The molecule has 0 N–H and O–H groups in total. The van der Waals surface area contributed by atoms with Crippen molar-refractivity contribution >= 4 is 22.6 Å². The van der Waals surface area contributed by atoms with Crippen molar-refractivity contribution in [1.29, 1.82) is 0 Å². The van der Waals surface area contributed by atoms with Crippen molar-refractivity contribution in [2.45, 2.75) is 19.9 Å². The van der Waals surface area contributed by atoms with Crippen LogP contribution in [0.4, 0.5) is 0 Å². The van der Waals surface area contributed by atoms with Gasteiger partial charge in [0.05, 0.1) is 7.11 Å². The Morgan fingerprint density at radius 1 is 1.38 bits per heavy atom. The number of benzene rings is 1. The minimum Gasteiger partial charge on any atom is -0.496 e. The number of hydrogen-bond acceptors (Lipinski definition) is 5. The van der Waals surface area contributed by atoms with E-state index in [1.54, 1.807) is 18.4 Å². The van der Waals surface area contributed by atoms with Gasteiger partial charge in [-0.1, -0.05) is 11.3 Å². The van der Waals surface area contributed by atoms with Crippen LogP contribution in [0.1, 0.15) is 26.6 Å². The molecule has 0 bridgehead atoms. The summed E-state index contributed by atoms with van der Waals surface area (Å²) in [6.45, 7) is 3.93. The number of carbonyl (C=O) groups is 1. The number of imidazole rings is 1. The molecular formula is C18H19N3O2S. The number of hydrogen-bond donors (Lipinski definition) is 0. The van der Waals surface area contributed by atoms with Gasteiger partial charge in [-0.2, -0.15) is 0 Å². The monoisotopic (exact) mass is 341 g/mol. The molecule has 4 rings (SSSR count). The lowest BCUT2D eigenvalue weighted by molar-refractivity contribution is 0.111. The molecule has 1 aliphatic heterocycles. The lowest BCUT2D eigenvalue weighted by atomic mass is 10.1. The van der Waals surface area contributed by atoms with E-state index in [4.69, 9.17) is 9.72 Å². The lowest BCUT2D eigenvalue weighted by Gasteiger charge is -2.21. The Kier molecular flexibility index (Phi) is 3.66. The summed E-state index contributed by atoms with van der Waals surface area (Å²) in [5.74, 6) is 0.841. The molecule has 1 aliphatic rings. The van der Waals surface area contributed by atoms with Crippen LogP contribution < -0.4 is 4.74 Å². The first-order valence-electron chi connectivity index (χ1n) is 7.94. The zero-order valence-electron chi connectivity index (χ0n) is 14.0. The number of thiazole rings is 1. The summed E-state index contributed by atoms with van der Waals surface area (Å²) in [6, 6.07) is 5.92. The van der Waals surface area contributed by atoms with Crippen molar-refractivity contribution in [2.24, 2.45) is 0 Å². The van der Waals surface area contributed by atoms with E-state index in [9.17, 15) is 4.79 Å². The van der Waals surface area contributed by atoms with Crippen LogP contribution in [-0.4, -0.2) is 41.3 Å². The first-order chi connectivity index (χ1) is 11.6. The fourth-order valence-corrected chi connectivity index (χ4v) is 4.63. The van der Waals surface area contributed by atoms with Crippen molar-refractivity contribution in [2.75, 3.05) is 20.7 Å². The second-order valence-corrected chi connectivity index (χ2v) is 7.29. The van der Waals surface area contributed by atoms with Crippen LogP contribution in [-0.2, 0) is 13.0 Å². The third-order valence-electron chi connectivity index (χ3n) is 4.61. The van der Waals surface area contributed by atoms with Crippen LogP contribution in [0.2, 0.25) is 0 Å². The standard InChI is InChI=1S/C18H19N3O2S/c1-11-8-12(4-5-15(11)23-3)17-14(10-22)21-13-6-7-20(2)9-16(13)24-18(21)19-17/h4-5,8,10H,6-7,9H2,1-3H3. The van der Waals surface area contributed by atoms with E-state index in [2.05, 4.69) is 16.3 Å². The number of carbonyl (C=O) groups excluding carboxylic acids is 1. The van der Waals surface area contributed by atoms with Crippen LogP contribution in [0, 0.1) is 6.92 Å².